The summed E-state index contributed by atoms with van der Waals surface area (Å²) in [5.41, 5.74) is 2.11. The summed E-state index contributed by atoms with van der Waals surface area (Å²) in [5, 5.41) is 12.5. The Balaban J connectivity index is 2.61. The lowest BCUT2D eigenvalue weighted by atomic mass is 10.3. The summed E-state index contributed by atoms with van der Waals surface area (Å²) in [6.45, 7) is 2.40. The fraction of sp³-hybridized carbons (Fsp3) is 0.556. The van der Waals surface area contributed by atoms with Gasteiger partial charge in [-0.15, -0.1) is 0 Å². The van der Waals surface area contributed by atoms with Gasteiger partial charge in [0.05, 0.1) is 13.2 Å². The molecule has 16 heavy (non-hydrogen) atoms. The second kappa shape index (κ2) is 5.59. The second-order valence-corrected chi connectivity index (χ2v) is 3.60. The SMILES string of the molecule is CC(CO)N(C)Cc1cc(C(=O)NN)no1. The lowest BCUT2D eigenvalue weighted by Crippen LogP contribution is -2.31. The van der Waals surface area contributed by atoms with E-state index in [1.165, 1.54) is 6.07 Å². The summed E-state index contributed by atoms with van der Waals surface area (Å²) in [6, 6.07) is 1.53. The zero-order chi connectivity index (χ0) is 12.1. The molecule has 1 aromatic heterocycles. The van der Waals surface area contributed by atoms with Gasteiger partial charge in [-0.05, 0) is 14.0 Å². The highest BCUT2D eigenvalue weighted by molar-refractivity contribution is 5.91. The molecule has 1 unspecified atom stereocenters. The van der Waals surface area contributed by atoms with Crippen molar-refractivity contribution in [2.75, 3.05) is 13.7 Å². The van der Waals surface area contributed by atoms with Crippen LogP contribution in [-0.4, -0.2) is 40.8 Å². The molecule has 1 atom stereocenters. The Kier molecular flexibility index (Phi) is 4.41. The summed E-state index contributed by atoms with van der Waals surface area (Å²) < 4.78 is 4.96. The average Bonchev–Trinajstić information content (AvgIpc) is 2.75. The van der Waals surface area contributed by atoms with Crippen LogP contribution in [0.15, 0.2) is 10.6 Å². The first-order valence-corrected chi connectivity index (χ1v) is 4.86. The Morgan fingerprint density at radius 1 is 1.81 bits per heavy atom. The van der Waals surface area contributed by atoms with E-state index in [2.05, 4.69) is 5.16 Å². The number of amides is 1. The minimum Gasteiger partial charge on any atom is -0.395 e. The van der Waals surface area contributed by atoms with Crippen molar-refractivity contribution < 1.29 is 14.4 Å². The largest absolute Gasteiger partial charge is 0.395 e. The van der Waals surface area contributed by atoms with E-state index in [-0.39, 0.29) is 18.3 Å². The molecule has 1 heterocycles. The Hall–Kier alpha value is -1.44. The van der Waals surface area contributed by atoms with Crippen LogP contribution in [-0.2, 0) is 6.54 Å². The van der Waals surface area contributed by atoms with Crippen LogP contribution in [0.25, 0.3) is 0 Å². The molecule has 0 saturated carbocycles. The fourth-order valence-electron chi connectivity index (χ4n) is 1.11. The van der Waals surface area contributed by atoms with Gasteiger partial charge in [0.25, 0.3) is 5.91 Å². The van der Waals surface area contributed by atoms with E-state index in [1.807, 2.05) is 24.3 Å². The van der Waals surface area contributed by atoms with Gasteiger partial charge < -0.3 is 9.63 Å². The van der Waals surface area contributed by atoms with E-state index in [9.17, 15) is 4.79 Å². The van der Waals surface area contributed by atoms with Gasteiger partial charge in [0.15, 0.2) is 11.5 Å². The molecule has 0 aromatic carbocycles. The maximum Gasteiger partial charge on any atom is 0.287 e. The number of nitrogens with zero attached hydrogens (tertiary/aromatic N) is 2. The number of carbonyl (C=O) groups is 1. The van der Waals surface area contributed by atoms with E-state index in [1.54, 1.807) is 0 Å². The Labute approximate surface area is 93.2 Å². The number of aliphatic hydroxyl groups excluding tert-OH is 1. The van der Waals surface area contributed by atoms with Crippen molar-refractivity contribution in [2.45, 2.75) is 19.5 Å². The number of hydrogen-bond acceptors (Lipinski definition) is 6. The lowest BCUT2D eigenvalue weighted by molar-refractivity contribution is 0.0944. The van der Waals surface area contributed by atoms with Crippen LogP contribution in [0.2, 0.25) is 0 Å². The third-order valence-corrected chi connectivity index (χ3v) is 2.34. The van der Waals surface area contributed by atoms with Crippen molar-refractivity contribution in [3.8, 4) is 0 Å². The highest BCUT2D eigenvalue weighted by atomic mass is 16.5. The quantitative estimate of drug-likeness (QED) is 0.342. The van der Waals surface area contributed by atoms with E-state index in [0.717, 1.165) is 0 Å². The van der Waals surface area contributed by atoms with Gasteiger partial charge >= 0.3 is 0 Å². The highest BCUT2D eigenvalue weighted by Gasteiger charge is 2.14. The number of hydrogen-bond donors (Lipinski definition) is 3. The van der Waals surface area contributed by atoms with E-state index < -0.39 is 5.91 Å². The minimum absolute atomic E-state index is 0.0110. The Morgan fingerprint density at radius 2 is 2.50 bits per heavy atom. The zero-order valence-electron chi connectivity index (χ0n) is 9.30. The number of hydrazine groups is 1. The number of nitrogen functional groups attached to an aromatic ring is 1. The molecule has 0 spiro atoms. The van der Waals surface area contributed by atoms with Crippen molar-refractivity contribution in [1.82, 2.24) is 15.5 Å². The minimum atomic E-state index is -0.493. The summed E-state index contributed by atoms with van der Waals surface area (Å²) in [4.78, 5) is 13.0. The molecule has 0 radical (unpaired) electrons. The topological polar surface area (TPSA) is 105 Å². The van der Waals surface area contributed by atoms with Gasteiger partial charge in [0.1, 0.15) is 0 Å². The van der Waals surface area contributed by atoms with Crippen LogP contribution in [0, 0.1) is 0 Å². The molecule has 1 aromatic rings. The zero-order valence-corrected chi connectivity index (χ0v) is 9.30. The lowest BCUT2D eigenvalue weighted by Gasteiger charge is -2.20. The summed E-state index contributed by atoms with van der Waals surface area (Å²) >= 11 is 0. The Morgan fingerprint density at radius 3 is 3.06 bits per heavy atom. The molecule has 1 rings (SSSR count). The normalized spacial score (nSPS) is 12.8. The van der Waals surface area contributed by atoms with Crippen LogP contribution in [0.4, 0.5) is 0 Å². The summed E-state index contributed by atoms with van der Waals surface area (Å²) in [7, 11) is 1.84. The first-order chi connectivity index (χ1) is 7.58. The van der Waals surface area contributed by atoms with Crippen LogP contribution < -0.4 is 11.3 Å². The first-order valence-electron chi connectivity index (χ1n) is 4.86. The highest BCUT2D eigenvalue weighted by Crippen LogP contribution is 2.08. The number of rotatable bonds is 5. The standard InChI is InChI=1S/C9H16N4O3/c1-6(5-14)13(2)4-7-3-8(12-16-7)9(15)11-10/h3,6,14H,4-5,10H2,1-2H3,(H,11,15). The smallest absolute Gasteiger partial charge is 0.287 e. The Bertz CT molecular complexity index is 352. The van der Waals surface area contributed by atoms with Crippen LogP contribution >= 0.6 is 0 Å². The van der Waals surface area contributed by atoms with Crippen LogP contribution in [0.1, 0.15) is 23.2 Å². The molecule has 0 aliphatic rings. The van der Waals surface area contributed by atoms with Crippen molar-refractivity contribution in [2.24, 2.45) is 5.84 Å². The van der Waals surface area contributed by atoms with Crippen LogP contribution in [0.5, 0.6) is 0 Å². The molecular formula is C9H16N4O3. The molecular weight excluding hydrogens is 212 g/mol. The average molecular weight is 228 g/mol. The second-order valence-electron chi connectivity index (χ2n) is 3.60. The molecule has 0 aliphatic carbocycles. The monoisotopic (exact) mass is 228 g/mol. The van der Waals surface area contributed by atoms with E-state index in [0.29, 0.717) is 12.3 Å². The summed E-state index contributed by atoms with van der Waals surface area (Å²) in [5.74, 6) is 5.01. The van der Waals surface area contributed by atoms with E-state index >= 15 is 0 Å². The molecule has 0 saturated heterocycles. The van der Waals surface area contributed by atoms with Crippen LogP contribution in [0.3, 0.4) is 0 Å². The van der Waals surface area contributed by atoms with Gasteiger partial charge in [-0.3, -0.25) is 15.1 Å². The summed E-state index contributed by atoms with van der Waals surface area (Å²) in [6.07, 6.45) is 0. The molecule has 1 amide bonds. The van der Waals surface area contributed by atoms with Gasteiger partial charge in [0, 0.05) is 12.1 Å². The third-order valence-electron chi connectivity index (χ3n) is 2.34. The van der Waals surface area contributed by atoms with Crippen molar-refractivity contribution >= 4 is 5.91 Å². The maximum absolute atomic E-state index is 11.1. The molecule has 0 aliphatic heterocycles. The third kappa shape index (κ3) is 3.02. The fourth-order valence-corrected chi connectivity index (χ4v) is 1.11. The molecule has 90 valence electrons. The van der Waals surface area contributed by atoms with Gasteiger partial charge in [-0.1, -0.05) is 5.16 Å². The number of nitrogens with two attached hydrogens (primary N) is 1. The molecule has 0 fully saturated rings. The van der Waals surface area contributed by atoms with Gasteiger partial charge in [0.2, 0.25) is 0 Å². The predicted octanol–water partition coefficient (Wildman–Crippen LogP) is -0.909. The number of nitrogens with one attached hydrogen (secondary N) is 1. The first kappa shape index (κ1) is 12.6. The van der Waals surface area contributed by atoms with E-state index in [4.69, 9.17) is 15.5 Å². The molecule has 7 heteroatoms. The molecule has 7 nitrogen and oxygen atoms in total. The number of aromatic nitrogens is 1. The molecule has 0 bridgehead atoms. The number of likely N-dealkylation sites (N-methyl/N-ethyl adjacent to an activating group) is 1. The van der Waals surface area contributed by atoms with Crippen molar-refractivity contribution in [1.29, 1.82) is 0 Å². The van der Waals surface area contributed by atoms with Gasteiger partial charge in [-0.2, -0.15) is 0 Å². The van der Waals surface area contributed by atoms with Crippen molar-refractivity contribution in [3.63, 3.8) is 0 Å². The van der Waals surface area contributed by atoms with Gasteiger partial charge in [-0.25, -0.2) is 5.84 Å². The van der Waals surface area contributed by atoms with Crippen molar-refractivity contribution in [3.05, 3.63) is 17.5 Å². The maximum atomic E-state index is 11.1. The predicted molar refractivity (Wildman–Crippen MR) is 56.2 cm³/mol. The number of aliphatic hydroxyl groups is 1. The number of carbonyl (C=O) groups excluding carboxylic acids is 1. The molecule has 4 N–H and O–H groups in total.